The predicted octanol–water partition coefficient (Wildman–Crippen LogP) is 4.80. The summed E-state index contributed by atoms with van der Waals surface area (Å²) < 4.78 is 24.7. The van der Waals surface area contributed by atoms with Crippen LogP contribution in [0.3, 0.4) is 0 Å². The van der Waals surface area contributed by atoms with Crippen LogP contribution in [0.4, 0.5) is 5.13 Å². The van der Waals surface area contributed by atoms with Gasteiger partial charge in [-0.25, -0.2) is 13.4 Å². The molecule has 1 amide bonds. The Morgan fingerprint density at radius 1 is 1.06 bits per heavy atom. The van der Waals surface area contributed by atoms with Crippen LogP contribution in [0.15, 0.2) is 52.3 Å². The zero-order valence-corrected chi connectivity index (χ0v) is 21.3. The molecule has 0 aliphatic rings. The molecule has 3 aromatic rings. The predicted molar refractivity (Wildman–Crippen MR) is 135 cm³/mol. The van der Waals surface area contributed by atoms with Crippen LogP contribution in [0.1, 0.15) is 31.1 Å². The normalized spacial score (nSPS) is 11.9. The second-order valence-electron chi connectivity index (χ2n) is 7.34. The molecular weight excluding hydrogens is 462 g/mol. The van der Waals surface area contributed by atoms with Gasteiger partial charge in [-0.15, -0.1) is 11.8 Å². The Kier molecular flexibility index (Phi) is 8.32. The van der Waals surface area contributed by atoms with E-state index in [1.54, 1.807) is 34.9 Å². The third kappa shape index (κ3) is 5.89. The number of hydrogen-bond donors (Lipinski definition) is 0. The number of benzene rings is 2. The van der Waals surface area contributed by atoms with Crippen molar-refractivity contribution < 1.29 is 13.2 Å². The lowest BCUT2D eigenvalue weighted by atomic mass is 10.2. The summed E-state index contributed by atoms with van der Waals surface area (Å²) in [6.45, 7) is 9.33. The van der Waals surface area contributed by atoms with Crippen LogP contribution >= 0.6 is 23.1 Å². The van der Waals surface area contributed by atoms with E-state index in [4.69, 9.17) is 0 Å². The summed E-state index contributed by atoms with van der Waals surface area (Å²) in [5.41, 5.74) is 1.31. The molecule has 0 bridgehead atoms. The number of carbonyl (C=O) groups excluding carboxylic acids is 1. The Bertz CT molecular complexity index is 1190. The molecule has 32 heavy (non-hydrogen) atoms. The van der Waals surface area contributed by atoms with Gasteiger partial charge in [-0.2, -0.15) is 0 Å². The molecule has 0 saturated carbocycles. The van der Waals surface area contributed by atoms with Gasteiger partial charge in [-0.3, -0.25) is 9.69 Å². The maximum Gasteiger partial charge on any atom is 0.260 e. The van der Waals surface area contributed by atoms with Crippen molar-refractivity contribution in [1.82, 2.24) is 9.88 Å². The Morgan fingerprint density at radius 2 is 1.81 bits per heavy atom. The average Bonchev–Trinajstić information content (AvgIpc) is 3.19. The number of thiazole rings is 1. The molecule has 0 atom stereocenters. The summed E-state index contributed by atoms with van der Waals surface area (Å²) in [5, 5.41) is 0.580. The first kappa shape index (κ1) is 24.7. The third-order valence-corrected chi connectivity index (χ3v) is 8.21. The Hall–Kier alpha value is -1.94. The monoisotopic (exact) mass is 491 g/mol. The minimum Gasteiger partial charge on any atom is -0.302 e. The van der Waals surface area contributed by atoms with E-state index in [9.17, 15) is 13.2 Å². The van der Waals surface area contributed by atoms with Gasteiger partial charge in [0.15, 0.2) is 15.0 Å². The standard InChI is InChI=1S/C23H29N3O3S3/c1-5-25(6-2)13-14-26(22(27)17-9-8-10-18(15-17)30-7-3)23-24-20-12-11-19(32(4,28)29)16-21(20)31-23/h8-12,15-16H,5-7,13-14H2,1-4H3. The molecular formula is C23H29N3O3S3. The lowest BCUT2D eigenvalue weighted by molar-refractivity contribution is 0.0983. The number of likely N-dealkylation sites (N-methyl/N-ethyl adjacent to an activating group) is 1. The van der Waals surface area contributed by atoms with Crippen molar-refractivity contribution >= 4 is 54.2 Å². The summed E-state index contributed by atoms with van der Waals surface area (Å²) >= 11 is 3.04. The van der Waals surface area contributed by atoms with Crippen molar-refractivity contribution in [1.29, 1.82) is 0 Å². The van der Waals surface area contributed by atoms with E-state index in [0.29, 0.717) is 22.8 Å². The number of carbonyl (C=O) groups is 1. The number of rotatable bonds is 10. The number of hydrogen-bond acceptors (Lipinski definition) is 7. The van der Waals surface area contributed by atoms with Crippen LogP contribution in [-0.2, 0) is 9.84 Å². The van der Waals surface area contributed by atoms with Crippen LogP contribution < -0.4 is 4.90 Å². The minimum absolute atomic E-state index is 0.0990. The summed E-state index contributed by atoms with van der Waals surface area (Å²) in [6, 6.07) is 12.6. The van der Waals surface area contributed by atoms with E-state index in [1.807, 2.05) is 24.3 Å². The van der Waals surface area contributed by atoms with Crippen molar-refractivity contribution in [2.75, 3.05) is 43.1 Å². The highest BCUT2D eigenvalue weighted by Crippen LogP contribution is 2.32. The van der Waals surface area contributed by atoms with Crippen LogP contribution in [0, 0.1) is 0 Å². The highest BCUT2D eigenvalue weighted by molar-refractivity contribution is 7.99. The van der Waals surface area contributed by atoms with Crippen LogP contribution in [0.2, 0.25) is 0 Å². The van der Waals surface area contributed by atoms with Crippen molar-refractivity contribution in [3.8, 4) is 0 Å². The topological polar surface area (TPSA) is 70.6 Å². The number of fused-ring (bicyclic) bond motifs is 1. The molecule has 0 unspecified atom stereocenters. The average molecular weight is 492 g/mol. The van der Waals surface area contributed by atoms with E-state index in [1.165, 1.54) is 17.6 Å². The van der Waals surface area contributed by atoms with Gasteiger partial charge in [0.2, 0.25) is 0 Å². The van der Waals surface area contributed by atoms with Crippen molar-refractivity contribution in [2.45, 2.75) is 30.6 Å². The second kappa shape index (κ2) is 10.8. The molecule has 0 fully saturated rings. The molecule has 1 heterocycles. The molecule has 0 radical (unpaired) electrons. The molecule has 0 aliphatic carbocycles. The molecule has 0 aliphatic heterocycles. The fourth-order valence-electron chi connectivity index (χ4n) is 3.35. The summed E-state index contributed by atoms with van der Waals surface area (Å²) in [6.07, 6.45) is 1.19. The first-order chi connectivity index (χ1) is 15.3. The molecule has 0 spiro atoms. The van der Waals surface area contributed by atoms with Crippen molar-refractivity contribution in [2.24, 2.45) is 0 Å². The second-order valence-corrected chi connectivity index (χ2v) is 11.7. The molecule has 1 aromatic heterocycles. The Balaban J connectivity index is 2.00. The van der Waals surface area contributed by atoms with Crippen molar-refractivity contribution in [3.05, 3.63) is 48.0 Å². The highest BCUT2D eigenvalue weighted by atomic mass is 32.2. The zero-order valence-electron chi connectivity index (χ0n) is 18.9. The first-order valence-electron chi connectivity index (χ1n) is 10.6. The largest absolute Gasteiger partial charge is 0.302 e. The number of aromatic nitrogens is 1. The minimum atomic E-state index is -3.31. The molecule has 0 saturated heterocycles. The lowest BCUT2D eigenvalue weighted by Gasteiger charge is -2.25. The number of nitrogens with zero attached hydrogens (tertiary/aromatic N) is 3. The van der Waals surface area contributed by atoms with Gasteiger partial charge in [0.25, 0.3) is 5.91 Å². The third-order valence-electron chi connectivity index (χ3n) is 5.18. The zero-order chi connectivity index (χ0) is 23.3. The van der Waals surface area contributed by atoms with Crippen molar-refractivity contribution in [3.63, 3.8) is 0 Å². The van der Waals surface area contributed by atoms with E-state index in [-0.39, 0.29) is 10.8 Å². The molecule has 172 valence electrons. The van der Waals surface area contributed by atoms with E-state index in [0.717, 1.165) is 35.0 Å². The molecule has 3 rings (SSSR count). The smallest absolute Gasteiger partial charge is 0.260 e. The maximum absolute atomic E-state index is 13.6. The Labute approximate surface area is 198 Å². The van der Waals surface area contributed by atoms with Crippen LogP contribution in [-0.4, -0.2) is 62.4 Å². The van der Waals surface area contributed by atoms with Gasteiger partial charge in [0.05, 0.1) is 15.1 Å². The van der Waals surface area contributed by atoms with E-state index >= 15 is 0 Å². The first-order valence-corrected chi connectivity index (χ1v) is 14.3. The van der Waals surface area contributed by atoms with Gasteiger partial charge in [-0.1, -0.05) is 38.2 Å². The van der Waals surface area contributed by atoms with Crippen LogP contribution in [0.5, 0.6) is 0 Å². The van der Waals surface area contributed by atoms with Gasteiger partial charge in [0.1, 0.15) is 0 Å². The van der Waals surface area contributed by atoms with E-state index in [2.05, 4.69) is 30.7 Å². The molecule has 6 nitrogen and oxygen atoms in total. The van der Waals surface area contributed by atoms with Gasteiger partial charge in [0, 0.05) is 29.8 Å². The molecule has 2 aromatic carbocycles. The van der Waals surface area contributed by atoms with E-state index < -0.39 is 9.84 Å². The maximum atomic E-state index is 13.6. The fourth-order valence-corrected chi connectivity index (χ4v) is 5.82. The summed E-state index contributed by atoms with van der Waals surface area (Å²) in [4.78, 5) is 23.5. The summed E-state index contributed by atoms with van der Waals surface area (Å²) in [7, 11) is -3.31. The number of amides is 1. The van der Waals surface area contributed by atoms with Gasteiger partial charge in [-0.05, 0) is 55.2 Å². The summed E-state index contributed by atoms with van der Waals surface area (Å²) in [5.74, 6) is 0.835. The quantitative estimate of drug-likeness (QED) is 0.380. The fraction of sp³-hybridized carbons (Fsp3) is 0.391. The Morgan fingerprint density at radius 3 is 2.47 bits per heavy atom. The molecule has 0 N–H and O–H groups in total. The molecule has 9 heteroatoms. The van der Waals surface area contributed by atoms with Crippen LogP contribution in [0.25, 0.3) is 10.2 Å². The lowest BCUT2D eigenvalue weighted by Crippen LogP contribution is -2.38. The number of anilines is 1. The highest BCUT2D eigenvalue weighted by Gasteiger charge is 2.23. The van der Waals surface area contributed by atoms with Gasteiger partial charge >= 0.3 is 0 Å². The number of thioether (sulfide) groups is 1. The number of sulfone groups is 1. The van der Waals surface area contributed by atoms with Gasteiger partial charge < -0.3 is 4.90 Å². The SMILES string of the molecule is CCSc1cccc(C(=O)N(CCN(CC)CC)c2nc3ccc(S(C)(=O)=O)cc3s2)c1.